The third-order valence-corrected chi connectivity index (χ3v) is 9.21. The van der Waals surface area contributed by atoms with E-state index in [-0.39, 0.29) is 0 Å². The maximum Gasteiger partial charge on any atom is 0.116 e. The first kappa shape index (κ1) is 25.7. The summed E-state index contributed by atoms with van der Waals surface area (Å²) < 4.78 is 0. The van der Waals surface area contributed by atoms with Gasteiger partial charge in [0.1, 0.15) is 5.60 Å². The van der Waals surface area contributed by atoms with Crippen molar-refractivity contribution in [2.45, 2.75) is 45.5 Å². The van der Waals surface area contributed by atoms with Crippen LogP contribution in [0.25, 0.3) is 0 Å². The number of rotatable bonds is 9. The number of hydrogen-bond acceptors (Lipinski definition) is 5. The molecule has 0 aromatic heterocycles. The van der Waals surface area contributed by atoms with Crippen LogP contribution in [0.2, 0.25) is 0 Å². The summed E-state index contributed by atoms with van der Waals surface area (Å²) in [5, 5.41) is 12.2. The molecule has 1 aliphatic rings. The molecule has 3 aromatic carbocycles. The SMILES string of the molecule is CSc1cccc(C2CCN(CCC(O)(c3cccc(SC)c3)c3cccc(SC)c3)CC2)c1. The minimum atomic E-state index is -0.999. The average Bonchev–Trinajstić information content (AvgIpc) is 2.92. The Morgan fingerprint density at radius 3 is 1.79 bits per heavy atom. The third kappa shape index (κ3) is 6.06. The van der Waals surface area contributed by atoms with E-state index in [4.69, 9.17) is 0 Å². The molecule has 1 N–H and O–H groups in total. The number of aliphatic hydroxyl groups is 1. The predicted octanol–water partition coefficient (Wildman–Crippen LogP) is 7.36. The van der Waals surface area contributed by atoms with Crippen molar-refractivity contribution in [3.05, 3.63) is 89.5 Å². The Kier molecular flexibility index (Phi) is 9.11. The lowest BCUT2D eigenvalue weighted by Gasteiger charge is -2.36. The van der Waals surface area contributed by atoms with E-state index in [2.05, 4.69) is 96.5 Å². The summed E-state index contributed by atoms with van der Waals surface area (Å²) in [5.74, 6) is 0.638. The summed E-state index contributed by atoms with van der Waals surface area (Å²) in [6, 6.07) is 25.9. The molecule has 5 heteroatoms. The Hall–Kier alpha value is -1.37. The van der Waals surface area contributed by atoms with Crippen LogP contribution < -0.4 is 0 Å². The molecule has 1 saturated heterocycles. The van der Waals surface area contributed by atoms with E-state index in [0.717, 1.165) is 30.8 Å². The molecule has 0 atom stereocenters. The van der Waals surface area contributed by atoms with E-state index < -0.39 is 5.60 Å². The van der Waals surface area contributed by atoms with Crippen LogP contribution in [0.4, 0.5) is 0 Å². The van der Waals surface area contributed by atoms with Crippen molar-refractivity contribution in [2.75, 3.05) is 38.4 Å². The Bertz CT molecular complexity index is 1030. The molecular weight excluding hydrogens is 475 g/mol. The van der Waals surface area contributed by atoms with Gasteiger partial charge in [-0.05, 0) is 110 Å². The molecule has 0 unspecified atom stereocenters. The van der Waals surface area contributed by atoms with Gasteiger partial charge in [0.2, 0.25) is 0 Å². The van der Waals surface area contributed by atoms with Gasteiger partial charge in [-0.1, -0.05) is 36.4 Å². The zero-order valence-corrected chi connectivity index (χ0v) is 22.8. The topological polar surface area (TPSA) is 23.5 Å². The molecule has 2 nitrogen and oxygen atoms in total. The maximum atomic E-state index is 12.2. The molecule has 0 radical (unpaired) electrons. The quantitative estimate of drug-likeness (QED) is 0.304. The number of thioether (sulfide) groups is 3. The lowest BCUT2D eigenvalue weighted by Crippen LogP contribution is -2.38. The summed E-state index contributed by atoms with van der Waals surface area (Å²) in [7, 11) is 0. The third-order valence-electron chi connectivity index (χ3n) is 7.04. The van der Waals surface area contributed by atoms with Gasteiger partial charge in [0.15, 0.2) is 0 Å². The van der Waals surface area contributed by atoms with Gasteiger partial charge in [0.25, 0.3) is 0 Å². The van der Waals surface area contributed by atoms with Gasteiger partial charge in [0, 0.05) is 21.2 Å². The fraction of sp³-hybridized carbons (Fsp3) is 0.379. The smallest absolute Gasteiger partial charge is 0.116 e. The van der Waals surface area contributed by atoms with Crippen LogP contribution in [0.1, 0.15) is 41.9 Å². The minimum absolute atomic E-state index is 0.638. The average molecular weight is 510 g/mol. The molecular formula is C29H35NOS3. The predicted molar refractivity (Wildman–Crippen MR) is 151 cm³/mol. The zero-order chi connectivity index (χ0) is 24.0. The monoisotopic (exact) mass is 509 g/mol. The Labute approximate surface area is 217 Å². The van der Waals surface area contributed by atoms with Crippen LogP contribution in [0, 0.1) is 0 Å². The van der Waals surface area contributed by atoms with Gasteiger partial charge in [0.05, 0.1) is 0 Å². The highest BCUT2D eigenvalue weighted by atomic mass is 32.2. The van der Waals surface area contributed by atoms with E-state index >= 15 is 0 Å². The molecule has 34 heavy (non-hydrogen) atoms. The molecule has 1 aliphatic heterocycles. The summed E-state index contributed by atoms with van der Waals surface area (Å²) in [6.07, 6.45) is 9.37. The second-order valence-corrected chi connectivity index (χ2v) is 11.6. The molecule has 1 heterocycles. The molecule has 4 rings (SSSR count). The molecule has 1 fully saturated rings. The van der Waals surface area contributed by atoms with Crippen LogP contribution in [0.15, 0.2) is 87.5 Å². The number of nitrogens with zero attached hydrogens (tertiary/aromatic N) is 1. The minimum Gasteiger partial charge on any atom is -0.380 e. The molecule has 0 spiro atoms. The first-order valence-electron chi connectivity index (χ1n) is 11.9. The summed E-state index contributed by atoms with van der Waals surface area (Å²) in [4.78, 5) is 6.26. The van der Waals surface area contributed by atoms with Gasteiger partial charge in [-0.15, -0.1) is 35.3 Å². The van der Waals surface area contributed by atoms with Crippen LogP contribution in [-0.4, -0.2) is 48.4 Å². The van der Waals surface area contributed by atoms with Gasteiger partial charge >= 0.3 is 0 Å². The Morgan fingerprint density at radius 2 is 1.26 bits per heavy atom. The van der Waals surface area contributed by atoms with Crippen LogP contribution in [0.5, 0.6) is 0 Å². The highest BCUT2D eigenvalue weighted by Gasteiger charge is 2.33. The van der Waals surface area contributed by atoms with Crippen molar-refractivity contribution < 1.29 is 5.11 Å². The standard InChI is InChI=1S/C29H35NOS3/c1-32-26-10-4-7-23(19-26)22-13-16-30(17-14-22)18-15-29(31,24-8-5-11-27(20-24)33-2)25-9-6-12-28(21-25)34-3/h4-12,19-22,31H,13-18H2,1-3H3. The van der Waals surface area contributed by atoms with E-state index in [1.165, 1.54) is 33.1 Å². The largest absolute Gasteiger partial charge is 0.380 e. The van der Waals surface area contributed by atoms with E-state index in [0.29, 0.717) is 12.3 Å². The van der Waals surface area contributed by atoms with E-state index in [1.54, 1.807) is 23.5 Å². The second-order valence-electron chi connectivity index (χ2n) is 8.97. The van der Waals surface area contributed by atoms with Gasteiger partial charge in [-0.2, -0.15) is 0 Å². The lowest BCUT2D eigenvalue weighted by molar-refractivity contribution is 0.0532. The fourth-order valence-corrected chi connectivity index (χ4v) is 6.31. The fourth-order valence-electron chi connectivity index (χ4n) is 4.92. The van der Waals surface area contributed by atoms with Crippen molar-refractivity contribution in [3.63, 3.8) is 0 Å². The molecule has 0 amide bonds. The Balaban J connectivity index is 1.49. The molecule has 0 bridgehead atoms. The van der Waals surface area contributed by atoms with Gasteiger partial charge in [-0.3, -0.25) is 0 Å². The second kappa shape index (κ2) is 12.0. The number of benzene rings is 3. The van der Waals surface area contributed by atoms with Gasteiger partial charge in [-0.25, -0.2) is 0 Å². The normalized spacial score (nSPS) is 15.5. The highest BCUT2D eigenvalue weighted by Crippen LogP contribution is 2.37. The Morgan fingerprint density at radius 1 is 0.765 bits per heavy atom. The van der Waals surface area contributed by atoms with Crippen molar-refractivity contribution in [1.82, 2.24) is 4.90 Å². The van der Waals surface area contributed by atoms with Crippen LogP contribution in [-0.2, 0) is 5.60 Å². The number of likely N-dealkylation sites (tertiary alicyclic amines) is 1. The molecule has 0 saturated carbocycles. The van der Waals surface area contributed by atoms with Crippen LogP contribution in [0.3, 0.4) is 0 Å². The first-order chi connectivity index (χ1) is 16.6. The number of hydrogen-bond donors (Lipinski definition) is 1. The lowest BCUT2D eigenvalue weighted by atomic mass is 9.83. The summed E-state index contributed by atoms with van der Waals surface area (Å²) >= 11 is 5.26. The first-order valence-corrected chi connectivity index (χ1v) is 15.6. The van der Waals surface area contributed by atoms with E-state index in [1.807, 2.05) is 11.8 Å². The summed E-state index contributed by atoms with van der Waals surface area (Å²) in [6.45, 7) is 3.06. The van der Waals surface area contributed by atoms with Crippen LogP contribution >= 0.6 is 35.3 Å². The molecule has 0 aliphatic carbocycles. The van der Waals surface area contributed by atoms with Crippen molar-refractivity contribution in [1.29, 1.82) is 0 Å². The molecule has 180 valence electrons. The van der Waals surface area contributed by atoms with E-state index in [9.17, 15) is 5.11 Å². The van der Waals surface area contributed by atoms with Gasteiger partial charge < -0.3 is 10.0 Å². The number of piperidine rings is 1. The molecule has 3 aromatic rings. The van der Waals surface area contributed by atoms with Crippen molar-refractivity contribution in [2.24, 2.45) is 0 Å². The van der Waals surface area contributed by atoms with Crippen molar-refractivity contribution >= 4 is 35.3 Å². The maximum absolute atomic E-state index is 12.2. The zero-order valence-electron chi connectivity index (χ0n) is 20.4. The van der Waals surface area contributed by atoms with Crippen molar-refractivity contribution in [3.8, 4) is 0 Å². The highest BCUT2D eigenvalue weighted by molar-refractivity contribution is 7.99. The summed E-state index contributed by atoms with van der Waals surface area (Å²) in [5.41, 5.74) is 2.45.